The van der Waals surface area contributed by atoms with Crippen molar-refractivity contribution < 1.29 is 14.3 Å². The van der Waals surface area contributed by atoms with Crippen LogP contribution in [0.5, 0.6) is 0 Å². The molecule has 3 aromatic rings. The molecule has 0 fully saturated rings. The van der Waals surface area contributed by atoms with Gasteiger partial charge in [-0.25, -0.2) is 4.79 Å². The van der Waals surface area contributed by atoms with E-state index in [1.165, 1.54) is 6.07 Å². The summed E-state index contributed by atoms with van der Waals surface area (Å²) in [5, 5.41) is 4.71. The number of esters is 1. The van der Waals surface area contributed by atoms with Crippen molar-refractivity contribution in [3.63, 3.8) is 0 Å². The third-order valence-electron chi connectivity index (χ3n) is 3.52. The molecule has 3 aromatic carbocycles. The Bertz CT molecular complexity index is 901. The molecule has 3 N–H and O–H groups in total. The third kappa shape index (κ3) is 3.52. The Morgan fingerprint density at radius 2 is 1.71 bits per heavy atom. The van der Waals surface area contributed by atoms with Crippen LogP contribution in [0.25, 0.3) is 10.8 Å². The zero-order valence-corrected chi connectivity index (χ0v) is 12.9. The first-order valence-corrected chi connectivity index (χ1v) is 7.44. The highest BCUT2D eigenvalue weighted by atomic mass is 16.5. The molecule has 0 spiro atoms. The summed E-state index contributed by atoms with van der Waals surface area (Å²) in [5.41, 5.74) is 7.07. The average molecular weight is 320 g/mol. The Kier molecular flexibility index (Phi) is 4.43. The van der Waals surface area contributed by atoms with Crippen LogP contribution in [0.3, 0.4) is 0 Å². The van der Waals surface area contributed by atoms with Crippen molar-refractivity contribution >= 4 is 34.0 Å². The van der Waals surface area contributed by atoms with E-state index in [0.29, 0.717) is 16.9 Å². The topological polar surface area (TPSA) is 81.4 Å². The van der Waals surface area contributed by atoms with Gasteiger partial charge in [0.15, 0.2) is 6.61 Å². The molecule has 1 amide bonds. The van der Waals surface area contributed by atoms with Gasteiger partial charge in [-0.1, -0.05) is 42.5 Å². The van der Waals surface area contributed by atoms with Crippen molar-refractivity contribution in [3.05, 3.63) is 72.3 Å². The molecule has 24 heavy (non-hydrogen) atoms. The second kappa shape index (κ2) is 6.83. The fraction of sp³-hybridized carbons (Fsp3) is 0.0526. The van der Waals surface area contributed by atoms with Crippen molar-refractivity contribution in [2.75, 3.05) is 17.7 Å². The Hall–Kier alpha value is -3.34. The maximum absolute atomic E-state index is 12.0. The van der Waals surface area contributed by atoms with Crippen LogP contribution < -0.4 is 11.1 Å². The van der Waals surface area contributed by atoms with E-state index in [-0.39, 0.29) is 6.61 Å². The normalized spacial score (nSPS) is 10.3. The SMILES string of the molecule is Nc1cccc(C(=O)OCC(=O)Nc2cccc3ccccc23)c1. The quantitative estimate of drug-likeness (QED) is 0.571. The number of rotatable bonds is 4. The van der Waals surface area contributed by atoms with E-state index in [1.54, 1.807) is 24.3 Å². The smallest absolute Gasteiger partial charge is 0.338 e. The van der Waals surface area contributed by atoms with Crippen LogP contribution in [0, 0.1) is 0 Å². The summed E-state index contributed by atoms with van der Waals surface area (Å²) < 4.78 is 5.02. The van der Waals surface area contributed by atoms with Gasteiger partial charge in [-0.2, -0.15) is 0 Å². The number of nitrogens with two attached hydrogens (primary N) is 1. The van der Waals surface area contributed by atoms with Gasteiger partial charge in [-0.15, -0.1) is 0 Å². The number of hydrogen-bond acceptors (Lipinski definition) is 4. The molecular weight excluding hydrogens is 304 g/mol. The van der Waals surface area contributed by atoms with Crippen LogP contribution in [0.15, 0.2) is 66.7 Å². The van der Waals surface area contributed by atoms with Gasteiger partial charge in [0.05, 0.1) is 5.56 Å². The number of hydrogen-bond donors (Lipinski definition) is 2. The molecule has 120 valence electrons. The summed E-state index contributed by atoms with van der Waals surface area (Å²) >= 11 is 0. The van der Waals surface area contributed by atoms with Crippen molar-refractivity contribution in [2.45, 2.75) is 0 Å². The number of fused-ring (bicyclic) bond motifs is 1. The predicted octanol–water partition coefficient (Wildman–Crippen LogP) is 3.22. The molecule has 0 unspecified atom stereocenters. The number of carbonyl (C=O) groups excluding carboxylic acids is 2. The zero-order valence-electron chi connectivity index (χ0n) is 12.9. The molecule has 0 saturated carbocycles. The summed E-state index contributed by atoms with van der Waals surface area (Å²) in [6.45, 7) is -0.364. The molecule has 0 aliphatic heterocycles. The fourth-order valence-electron chi connectivity index (χ4n) is 2.40. The molecule has 5 heteroatoms. The van der Waals surface area contributed by atoms with Gasteiger partial charge >= 0.3 is 5.97 Å². The van der Waals surface area contributed by atoms with E-state index in [4.69, 9.17) is 10.5 Å². The summed E-state index contributed by atoms with van der Waals surface area (Å²) in [6, 6.07) is 19.8. The Balaban J connectivity index is 1.64. The molecular formula is C19H16N2O3. The van der Waals surface area contributed by atoms with E-state index in [0.717, 1.165) is 10.8 Å². The van der Waals surface area contributed by atoms with E-state index >= 15 is 0 Å². The molecule has 0 atom stereocenters. The van der Waals surface area contributed by atoms with Crippen LogP contribution >= 0.6 is 0 Å². The molecule has 0 aliphatic carbocycles. The second-order valence-electron chi connectivity index (χ2n) is 5.28. The lowest BCUT2D eigenvalue weighted by molar-refractivity contribution is -0.119. The number of carbonyl (C=O) groups is 2. The van der Waals surface area contributed by atoms with Gasteiger partial charge in [0.25, 0.3) is 5.91 Å². The molecule has 5 nitrogen and oxygen atoms in total. The van der Waals surface area contributed by atoms with Gasteiger partial charge < -0.3 is 15.8 Å². The number of benzene rings is 3. The number of ether oxygens (including phenoxy) is 1. The largest absolute Gasteiger partial charge is 0.452 e. The van der Waals surface area contributed by atoms with Crippen molar-refractivity contribution in [2.24, 2.45) is 0 Å². The summed E-state index contributed by atoms with van der Waals surface area (Å²) in [4.78, 5) is 24.0. The van der Waals surface area contributed by atoms with Crippen molar-refractivity contribution in [3.8, 4) is 0 Å². The number of nitrogen functional groups attached to an aromatic ring is 1. The summed E-state index contributed by atoms with van der Waals surface area (Å²) in [6.07, 6.45) is 0. The maximum atomic E-state index is 12.0. The van der Waals surface area contributed by atoms with Crippen LogP contribution in [-0.2, 0) is 9.53 Å². The highest BCUT2D eigenvalue weighted by Crippen LogP contribution is 2.22. The standard InChI is InChI=1S/C19H16N2O3/c20-15-8-3-7-14(11-15)19(23)24-12-18(22)21-17-10-4-6-13-5-1-2-9-16(13)17/h1-11H,12,20H2,(H,21,22). The minimum Gasteiger partial charge on any atom is -0.452 e. The van der Waals surface area contributed by atoms with Gasteiger partial charge in [0.2, 0.25) is 0 Å². The van der Waals surface area contributed by atoms with Crippen molar-refractivity contribution in [1.82, 2.24) is 0 Å². The molecule has 0 aromatic heterocycles. The van der Waals surface area contributed by atoms with Crippen LogP contribution in [-0.4, -0.2) is 18.5 Å². The van der Waals surface area contributed by atoms with E-state index in [1.807, 2.05) is 36.4 Å². The van der Waals surface area contributed by atoms with E-state index in [2.05, 4.69) is 5.32 Å². The van der Waals surface area contributed by atoms with Crippen LogP contribution in [0.1, 0.15) is 10.4 Å². The zero-order chi connectivity index (χ0) is 16.9. The lowest BCUT2D eigenvalue weighted by Crippen LogP contribution is -2.21. The predicted molar refractivity (Wildman–Crippen MR) is 93.7 cm³/mol. The lowest BCUT2D eigenvalue weighted by atomic mass is 10.1. The molecule has 0 radical (unpaired) electrons. The van der Waals surface area contributed by atoms with Gasteiger partial charge in [0, 0.05) is 16.8 Å². The minimum absolute atomic E-state index is 0.313. The van der Waals surface area contributed by atoms with Gasteiger partial charge in [0.1, 0.15) is 0 Å². The Morgan fingerprint density at radius 3 is 2.54 bits per heavy atom. The van der Waals surface area contributed by atoms with E-state index < -0.39 is 11.9 Å². The first-order chi connectivity index (χ1) is 11.6. The first-order valence-electron chi connectivity index (χ1n) is 7.44. The monoisotopic (exact) mass is 320 g/mol. The second-order valence-corrected chi connectivity index (χ2v) is 5.28. The molecule has 0 bridgehead atoms. The summed E-state index contributed by atoms with van der Waals surface area (Å²) in [5.74, 6) is -0.987. The molecule has 0 aliphatic rings. The van der Waals surface area contributed by atoms with Crippen molar-refractivity contribution in [1.29, 1.82) is 0 Å². The molecule has 0 saturated heterocycles. The number of amides is 1. The van der Waals surface area contributed by atoms with Gasteiger partial charge in [-0.05, 0) is 29.7 Å². The highest BCUT2D eigenvalue weighted by molar-refractivity contribution is 6.03. The Morgan fingerprint density at radius 1 is 0.958 bits per heavy atom. The highest BCUT2D eigenvalue weighted by Gasteiger charge is 2.11. The molecule has 0 heterocycles. The lowest BCUT2D eigenvalue weighted by Gasteiger charge is -2.09. The fourth-order valence-corrected chi connectivity index (χ4v) is 2.40. The average Bonchev–Trinajstić information content (AvgIpc) is 2.60. The maximum Gasteiger partial charge on any atom is 0.338 e. The Labute approximate surface area is 139 Å². The molecule has 3 rings (SSSR count). The van der Waals surface area contributed by atoms with E-state index in [9.17, 15) is 9.59 Å². The van der Waals surface area contributed by atoms with Crippen LogP contribution in [0.4, 0.5) is 11.4 Å². The summed E-state index contributed by atoms with van der Waals surface area (Å²) in [7, 11) is 0. The number of anilines is 2. The van der Waals surface area contributed by atoms with Gasteiger partial charge in [-0.3, -0.25) is 4.79 Å². The first kappa shape index (κ1) is 15.6. The minimum atomic E-state index is -0.588. The van der Waals surface area contributed by atoms with Crippen LogP contribution in [0.2, 0.25) is 0 Å². The third-order valence-corrected chi connectivity index (χ3v) is 3.52. The number of nitrogens with one attached hydrogen (secondary N) is 1.